The SMILES string of the molecule is Fc1ccc(Nc2nccnc2Nc2ccc(F)cc2)cc1. The largest absolute Gasteiger partial charge is 0.337 e. The summed E-state index contributed by atoms with van der Waals surface area (Å²) in [7, 11) is 0. The molecule has 0 saturated heterocycles. The first-order valence-corrected chi connectivity index (χ1v) is 6.57. The van der Waals surface area contributed by atoms with Crippen molar-refractivity contribution in [3.63, 3.8) is 0 Å². The highest BCUT2D eigenvalue weighted by molar-refractivity contribution is 5.71. The van der Waals surface area contributed by atoms with Crippen LogP contribution in [0.25, 0.3) is 0 Å². The van der Waals surface area contributed by atoms with Crippen LogP contribution in [0.5, 0.6) is 0 Å². The lowest BCUT2D eigenvalue weighted by atomic mass is 10.3. The minimum Gasteiger partial charge on any atom is -0.337 e. The van der Waals surface area contributed by atoms with Crippen LogP contribution in [0.3, 0.4) is 0 Å². The number of hydrogen-bond donors (Lipinski definition) is 2. The molecule has 0 aliphatic heterocycles. The van der Waals surface area contributed by atoms with Crippen molar-refractivity contribution < 1.29 is 8.78 Å². The average molecular weight is 298 g/mol. The molecule has 4 nitrogen and oxygen atoms in total. The van der Waals surface area contributed by atoms with Gasteiger partial charge in [0.15, 0.2) is 11.6 Å². The molecule has 1 aromatic heterocycles. The maximum atomic E-state index is 12.9. The van der Waals surface area contributed by atoms with Gasteiger partial charge >= 0.3 is 0 Å². The van der Waals surface area contributed by atoms with E-state index in [-0.39, 0.29) is 11.6 Å². The topological polar surface area (TPSA) is 49.8 Å². The smallest absolute Gasteiger partial charge is 0.173 e. The predicted octanol–water partition coefficient (Wildman–Crippen LogP) is 4.24. The summed E-state index contributed by atoms with van der Waals surface area (Å²) in [5, 5.41) is 6.11. The Labute approximate surface area is 125 Å². The summed E-state index contributed by atoms with van der Waals surface area (Å²) in [4.78, 5) is 8.41. The molecule has 0 aliphatic carbocycles. The Bertz CT molecular complexity index is 691. The Kier molecular flexibility index (Phi) is 3.91. The van der Waals surface area contributed by atoms with Crippen LogP contribution in [0.15, 0.2) is 60.9 Å². The molecule has 0 unspecified atom stereocenters. The molecule has 6 heteroatoms. The van der Waals surface area contributed by atoms with E-state index in [0.29, 0.717) is 23.0 Å². The highest BCUT2D eigenvalue weighted by Crippen LogP contribution is 2.24. The Morgan fingerprint density at radius 2 is 0.955 bits per heavy atom. The molecule has 1 heterocycles. The summed E-state index contributed by atoms with van der Waals surface area (Å²) in [6, 6.07) is 11.8. The van der Waals surface area contributed by atoms with E-state index in [1.165, 1.54) is 24.3 Å². The molecule has 3 aromatic rings. The minimum atomic E-state index is -0.311. The van der Waals surface area contributed by atoms with Gasteiger partial charge in [0, 0.05) is 23.8 Å². The molecule has 22 heavy (non-hydrogen) atoms. The Balaban J connectivity index is 1.83. The zero-order chi connectivity index (χ0) is 15.4. The first-order chi connectivity index (χ1) is 10.7. The molecule has 2 aromatic carbocycles. The van der Waals surface area contributed by atoms with Crippen LogP contribution in [0.2, 0.25) is 0 Å². The predicted molar refractivity (Wildman–Crippen MR) is 81.4 cm³/mol. The fourth-order valence-electron chi connectivity index (χ4n) is 1.86. The lowest BCUT2D eigenvalue weighted by molar-refractivity contribution is 0.627. The van der Waals surface area contributed by atoms with Crippen LogP contribution in [0, 0.1) is 11.6 Å². The van der Waals surface area contributed by atoms with Gasteiger partial charge < -0.3 is 10.6 Å². The third kappa shape index (κ3) is 3.35. The van der Waals surface area contributed by atoms with Crippen molar-refractivity contribution in [3.05, 3.63) is 72.6 Å². The number of halogens is 2. The zero-order valence-corrected chi connectivity index (χ0v) is 11.4. The van der Waals surface area contributed by atoms with Gasteiger partial charge in [0.05, 0.1) is 0 Å². The summed E-state index contributed by atoms with van der Waals surface area (Å²) in [6.07, 6.45) is 3.09. The molecule has 3 rings (SSSR count). The molecule has 0 amide bonds. The van der Waals surface area contributed by atoms with E-state index < -0.39 is 0 Å². The zero-order valence-electron chi connectivity index (χ0n) is 11.4. The van der Waals surface area contributed by atoms with Gasteiger partial charge in [0.25, 0.3) is 0 Å². The highest BCUT2D eigenvalue weighted by Gasteiger charge is 2.06. The van der Waals surface area contributed by atoms with Crippen LogP contribution < -0.4 is 10.6 Å². The van der Waals surface area contributed by atoms with Crippen LogP contribution in [-0.2, 0) is 0 Å². The summed E-state index contributed by atoms with van der Waals surface area (Å²) < 4.78 is 25.9. The van der Waals surface area contributed by atoms with Gasteiger partial charge in [-0.05, 0) is 48.5 Å². The van der Waals surface area contributed by atoms with Crippen LogP contribution >= 0.6 is 0 Å². The third-order valence-corrected chi connectivity index (χ3v) is 2.91. The summed E-state index contributed by atoms with van der Waals surface area (Å²) >= 11 is 0. The van der Waals surface area contributed by atoms with Crippen molar-refractivity contribution in [1.29, 1.82) is 0 Å². The highest BCUT2D eigenvalue weighted by atomic mass is 19.1. The van der Waals surface area contributed by atoms with Crippen molar-refractivity contribution in [2.75, 3.05) is 10.6 Å². The van der Waals surface area contributed by atoms with Gasteiger partial charge in [-0.25, -0.2) is 18.7 Å². The normalized spacial score (nSPS) is 10.3. The number of aromatic nitrogens is 2. The molecule has 0 fully saturated rings. The summed E-state index contributed by atoms with van der Waals surface area (Å²) in [6.45, 7) is 0. The molecule has 0 spiro atoms. The molecule has 110 valence electrons. The van der Waals surface area contributed by atoms with Crippen LogP contribution in [0.1, 0.15) is 0 Å². The first kappa shape index (κ1) is 13.9. The van der Waals surface area contributed by atoms with E-state index in [0.717, 1.165) is 0 Å². The number of nitrogens with one attached hydrogen (secondary N) is 2. The van der Waals surface area contributed by atoms with E-state index in [4.69, 9.17) is 0 Å². The number of benzene rings is 2. The fourth-order valence-corrected chi connectivity index (χ4v) is 1.86. The van der Waals surface area contributed by atoms with Crippen molar-refractivity contribution >= 4 is 23.0 Å². The van der Waals surface area contributed by atoms with Crippen molar-refractivity contribution in [1.82, 2.24) is 9.97 Å². The standard InChI is InChI=1S/C16H12F2N4/c17-11-1-5-13(6-2-11)21-15-16(20-10-9-19-15)22-14-7-3-12(18)4-8-14/h1-10H,(H,19,21)(H,20,22). The van der Waals surface area contributed by atoms with Gasteiger partial charge in [0.1, 0.15) is 11.6 Å². The first-order valence-electron chi connectivity index (χ1n) is 6.57. The number of hydrogen-bond acceptors (Lipinski definition) is 4. The maximum Gasteiger partial charge on any atom is 0.173 e. The average Bonchev–Trinajstić information content (AvgIpc) is 2.54. The Morgan fingerprint density at radius 3 is 1.32 bits per heavy atom. The lowest BCUT2D eigenvalue weighted by Gasteiger charge is -2.11. The minimum absolute atomic E-state index is 0.311. The van der Waals surface area contributed by atoms with E-state index in [1.807, 2.05) is 0 Å². The van der Waals surface area contributed by atoms with E-state index >= 15 is 0 Å². The van der Waals surface area contributed by atoms with Gasteiger partial charge in [-0.2, -0.15) is 0 Å². The van der Waals surface area contributed by atoms with Crippen molar-refractivity contribution in [3.8, 4) is 0 Å². The lowest BCUT2D eigenvalue weighted by Crippen LogP contribution is -2.02. The summed E-state index contributed by atoms with van der Waals surface area (Å²) in [5.74, 6) is 0.348. The second-order valence-corrected chi connectivity index (χ2v) is 4.52. The molecule has 0 aliphatic rings. The van der Waals surface area contributed by atoms with Crippen molar-refractivity contribution in [2.45, 2.75) is 0 Å². The van der Waals surface area contributed by atoms with E-state index in [2.05, 4.69) is 20.6 Å². The van der Waals surface area contributed by atoms with Gasteiger partial charge in [-0.1, -0.05) is 0 Å². The second-order valence-electron chi connectivity index (χ2n) is 4.52. The molecule has 2 N–H and O–H groups in total. The Hall–Kier alpha value is -3.02. The van der Waals surface area contributed by atoms with E-state index in [9.17, 15) is 8.78 Å². The number of rotatable bonds is 4. The van der Waals surface area contributed by atoms with Crippen molar-refractivity contribution in [2.24, 2.45) is 0 Å². The monoisotopic (exact) mass is 298 g/mol. The van der Waals surface area contributed by atoms with Gasteiger partial charge in [-0.15, -0.1) is 0 Å². The quantitative estimate of drug-likeness (QED) is 0.756. The van der Waals surface area contributed by atoms with Gasteiger partial charge in [-0.3, -0.25) is 0 Å². The number of anilines is 4. The molecular weight excluding hydrogens is 286 g/mol. The fraction of sp³-hybridized carbons (Fsp3) is 0. The van der Waals surface area contributed by atoms with E-state index in [1.54, 1.807) is 36.7 Å². The molecule has 0 saturated carbocycles. The molecular formula is C16H12F2N4. The maximum absolute atomic E-state index is 12.9. The van der Waals surface area contributed by atoms with Crippen LogP contribution in [-0.4, -0.2) is 9.97 Å². The van der Waals surface area contributed by atoms with Crippen LogP contribution in [0.4, 0.5) is 31.8 Å². The second kappa shape index (κ2) is 6.17. The number of nitrogens with zero attached hydrogens (tertiary/aromatic N) is 2. The third-order valence-electron chi connectivity index (χ3n) is 2.91. The molecule has 0 radical (unpaired) electrons. The Morgan fingerprint density at radius 1 is 0.591 bits per heavy atom. The molecule has 0 bridgehead atoms. The summed E-state index contributed by atoms with van der Waals surface area (Å²) in [5.41, 5.74) is 1.37. The molecule has 0 atom stereocenters. The van der Waals surface area contributed by atoms with Gasteiger partial charge in [0.2, 0.25) is 0 Å².